The standard InChI is InChI=1S/C8H10N4/c1-2-3-12-8-7(5-11-12)4-9-6-10-8/h4-6H,2-3H2,1H3. The summed E-state index contributed by atoms with van der Waals surface area (Å²) in [4.78, 5) is 8.07. The zero-order valence-corrected chi connectivity index (χ0v) is 6.94. The molecule has 0 aliphatic rings. The first-order valence-corrected chi connectivity index (χ1v) is 4.03. The van der Waals surface area contributed by atoms with Gasteiger partial charge in [-0.1, -0.05) is 6.92 Å². The van der Waals surface area contributed by atoms with Gasteiger partial charge in [0.15, 0.2) is 5.65 Å². The Morgan fingerprint density at radius 3 is 3.17 bits per heavy atom. The number of hydrogen-bond donors (Lipinski definition) is 0. The fraction of sp³-hybridized carbons (Fsp3) is 0.375. The van der Waals surface area contributed by atoms with Crippen LogP contribution in [-0.2, 0) is 6.54 Å². The van der Waals surface area contributed by atoms with E-state index in [0.29, 0.717) is 0 Å². The van der Waals surface area contributed by atoms with Gasteiger partial charge in [0.25, 0.3) is 0 Å². The molecule has 0 spiro atoms. The first-order valence-electron chi connectivity index (χ1n) is 4.03. The highest BCUT2D eigenvalue weighted by atomic mass is 15.3. The predicted octanol–water partition coefficient (Wildman–Crippen LogP) is 1.24. The lowest BCUT2D eigenvalue weighted by molar-refractivity contribution is 0.617. The molecule has 0 atom stereocenters. The van der Waals surface area contributed by atoms with Gasteiger partial charge in [-0.3, -0.25) is 0 Å². The molecule has 2 aromatic rings. The smallest absolute Gasteiger partial charge is 0.161 e. The summed E-state index contributed by atoms with van der Waals surface area (Å²) in [6.07, 6.45) is 6.20. The van der Waals surface area contributed by atoms with Crippen molar-refractivity contribution < 1.29 is 0 Å². The maximum atomic E-state index is 4.20. The predicted molar refractivity (Wildman–Crippen MR) is 45.6 cm³/mol. The van der Waals surface area contributed by atoms with E-state index in [4.69, 9.17) is 0 Å². The van der Waals surface area contributed by atoms with E-state index in [-0.39, 0.29) is 0 Å². The lowest BCUT2D eigenvalue weighted by Gasteiger charge is -1.97. The first-order chi connectivity index (χ1) is 5.92. The molecule has 0 bridgehead atoms. The number of rotatable bonds is 2. The summed E-state index contributed by atoms with van der Waals surface area (Å²) in [5, 5.41) is 5.20. The lowest BCUT2D eigenvalue weighted by atomic mass is 10.4. The van der Waals surface area contributed by atoms with Gasteiger partial charge >= 0.3 is 0 Å². The van der Waals surface area contributed by atoms with Crippen LogP contribution in [0.15, 0.2) is 18.7 Å². The van der Waals surface area contributed by atoms with Crippen molar-refractivity contribution in [1.29, 1.82) is 0 Å². The van der Waals surface area contributed by atoms with Crippen LogP contribution in [0.2, 0.25) is 0 Å². The Labute approximate surface area is 70.3 Å². The average molecular weight is 162 g/mol. The Hall–Kier alpha value is -1.45. The van der Waals surface area contributed by atoms with Crippen LogP contribution >= 0.6 is 0 Å². The second-order valence-corrected chi connectivity index (χ2v) is 2.67. The highest BCUT2D eigenvalue weighted by Gasteiger charge is 2.00. The van der Waals surface area contributed by atoms with Crippen molar-refractivity contribution in [3.63, 3.8) is 0 Å². The lowest BCUT2D eigenvalue weighted by Crippen LogP contribution is -1.99. The van der Waals surface area contributed by atoms with E-state index in [1.165, 1.54) is 0 Å². The Kier molecular flexibility index (Phi) is 1.74. The molecule has 4 heteroatoms. The van der Waals surface area contributed by atoms with Gasteiger partial charge in [0, 0.05) is 12.7 Å². The maximum absolute atomic E-state index is 4.20. The third kappa shape index (κ3) is 1.05. The summed E-state index contributed by atoms with van der Waals surface area (Å²) >= 11 is 0. The maximum Gasteiger partial charge on any atom is 0.161 e. The number of aromatic nitrogens is 4. The number of aryl methyl sites for hydroxylation is 1. The van der Waals surface area contributed by atoms with Crippen molar-refractivity contribution in [3.8, 4) is 0 Å². The summed E-state index contributed by atoms with van der Waals surface area (Å²) in [6, 6.07) is 0. The van der Waals surface area contributed by atoms with Crippen LogP contribution in [0.4, 0.5) is 0 Å². The SMILES string of the molecule is CCCn1ncc2cncnc21. The molecule has 0 aliphatic heterocycles. The van der Waals surface area contributed by atoms with Gasteiger partial charge in [0.1, 0.15) is 6.33 Å². The number of fused-ring (bicyclic) bond motifs is 1. The van der Waals surface area contributed by atoms with E-state index in [1.807, 2.05) is 4.68 Å². The van der Waals surface area contributed by atoms with E-state index >= 15 is 0 Å². The summed E-state index contributed by atoms with van der Waals surface area (Å²) in [5.41, 5.74) is 0.923. The minimum atomic E-state index is 0.917. The van der Waals surface area contributed by atoms with Gasteiger partial charge in [0.05, 0.1) is 11.6 Å². The summed E-state index contributed by atoms with van der Waals surface area (Å²) < 4.78 is 1.90. The highest BCUT2D eigenvalue weighted by molar-refractivity contribution is 5.72. The topological polar surface area (TPSA) is 43.6 Å². The van der Waals surface area contributed by atoms with E-state index < -0.39 is 0 Å². The third-order valence-electron chi connectivity index (χ3n) is 1.73. The molecular formula is C8H10N4. The first kappa shape index (κ1) is 7.21. The molecule has 0 unspecified atom stereocenters. The molecule has 0 radical (unpaired) electrons. The third-order valence-corrected chi connectivity index (χ3v) is 1.73. The Morgan fingerprint density at radius 2 is 2.33 bits per heavy atom. The minimum absolute atomic E-state index is 0.917. The van der Waals surface area contributed by atoms with E-state index in [1.54, 1.807) is 18.7 Å². The van der Waals surface area contributed by atoms with Gasteiger partial charge in [-0.15, -0.1) is 0 Å². The van der Waals surface area contributed by atoms with Gasteiger partial charge < -0.3 is 0 Å². The van der Waals surface area contributed by atoms with Crippen molar-refractivity contribution in [3.05, 3.63) is 18.7 Å². The zero-order valence-electron chi connectivity index (χ0n) is 6.94. The molecule has 0 amide bonds. The summed E-state index contributed by atoms with van der Waals surface area (Å²) in [7, 11) is 0. The molecule has 0 fully saturated rings. The molecule has 0 aliphatic carbocycles. The quantitative estimate of drug-likeness (QED) is 0.667. The van der Waals surface area contributed by atoms with Gasteiger partial charge in [-0.25, -0.2) is 14.6 Å². The fourth-order valence-electron chi connectivity index (χ4n) is 1.20. The molecule has 2 aromatic heterocycles. The Morgan fingerprint density at radius 1 is 1.42 bits per heavy atom. The van der Waals surface area contributed by atoms with Crippen LogP contribution in [0.1, 0.15) is 13.3 Å². The van der Waals surface area contributed by atoms with Crippen LogP contribution < -0.4 is 0 Å². The van der Waals surface area contributed by atoms with Crippen molar-refractivity contribution >= 4 is 11.0 Å². The van der Waals surface area contributed by atoms with Gasteiger partial charge in [0.2, 0.25) is 0 Å². The number of hydrogen-bond acceptors (Lipinski definition) is 3. The van der Waals surface area contributed by atoms with Gasteiger partial charge in [-0.05, 0) is 6.42 Å². The molecule has 0 N–H and O–H groups in total. The largest absolute Gasteiger partial charge is 0.247 e. The second-order valence-electron chi connectivity index (χ2n) is 2.67. The summed E-state index contributed by atoms with van der Waals surface area (Å²) in [5.74, 6) is 0. The van der Waals surface area contributed by atoms with Crippen molar-refractivity contribution in [2.24, 2.45) is 0 Å². The minimum Gasteiger partial charge on any atom is -0.247 e. The molecule has 4 nitrogen and oxygen atoms in total. The van der Waals surface area contributed by atoms with Crippen molar-refractivity contribution in [2.75, 3.05) is 0 Å². The number of nitrogens with zero attached hydrogens (tertiary/aromatic N) is 4. The molecule has 0 saturated carbocycles. The molecule has 62 valence electrons. The van der Waals surface area contributed by atoms with E-state index in [2.05, 4.69) is 22.0 Å². The normalized spacial score (nSPS) is 10.8. The zero-order chi connectivity index (χ0) is 8.39. The average Bonchev–Trinajstić information content (AvgIpc) is 2.50. The summed E-state index contributed by atoms with van der Waals surface area (Å²) in [6.45, 7) is 3.04. The highest BCUT2D eigenvalue weighted by Crippen LogP contribution is 2.07. The molecule has 0 aromatic carbocycles. The van der Waals surface area contributed by atoms with Gasteiger partial charge in [-0.2, -0.15) is 5.10 Å². The fourth-order valence-corrected chi connectivity index (χ4v) is 1.20. The monoisotopic (exact) mass is 162 g/mol. The molecule has 0 saturated heterocycles. The van der Waals surface area contributed by atoms with Crippen LogP contribution in [-0.4, -0.2) is 19.7 Å². The van der Waals surface area contributed by atoms with Crippen LogP contribution in [0, 0.1) is 0 Å². The molecule has 2 heterocycles. The molecular weight excluding hydrogens is 152 g/mol. The van der Waals surface area contributed by atoms with E-state index in [0.717, 1.165) is 24.0 Å². The van der Waals surface area contributed by atoms with Crippen molar-refractivity contribution in [2.45, 2.75) is 19.9 Å². The van der Waals surface area contributed by atoms with Crippen LogP contribution in [0.25, 0.3) is 11.0 Å². The molecule has 12 heavy (non-hydrogen) atoms. The van der Waals surface area contributed by atoms with Crippen LogP contribution in [0.3, 0.4) is 0 Å². The Balaban J connectivity index is 2.55. The Bertz CT molecular complexity index is 379. The van der Waals surface area contributed by atoms with E-state index in [9.17, 15) is 0 Å². The molecule has 2 rings (SSSR count). The van der Waals surface area contributed by atoms with Crippen LogP contribution in [0.5, 0.6) is 0 Å². The van der Waals surface area contributed by atoms with Crippen molar-refractivity contribution in [1.82, 2.24) is 19.7 Å². The second kappa shape index (κ2) is 2.89.